The first kappa shape index (κ1) is 14.5. The standard InChI is InChI=1S/C13H26N2O2/c1-3-11(8-9-16)14-10(2)13(17)15-12-6-4-5-7-12/h10-12,14,16H,3-9H2,1-2H3,(H,15,17). The molecule has 0 aliphatic heterocycles. The van der Waals surface area contributed by atoms with E-state index in [1.165, 1.54) is 12.8 Å². The second-order valence-electron chi connectivity index (χ2n) is 5.00. The van der Waals surface area contributed by atoms with Gasteiger partial charge in [-0.3, -0.25) is 4.79 Å². The van der Waals surface area contributed by atoms with E-state index in [2.05, 4.69) is 17.6 Å². The van der Waals surface area contributed by atoms with Gasteiger partial charge in [0.15, 0.2) is 0 Å². The van der Waals surface area contributed by atoms with Gasteiger partial charge in [-0.2, -0.15) is 0 Å². The Labute approximate surface area is 104 Å². The molecule has 1 aliphatic rings. The average molecular weight is 242 g/mol. The maximum atomic E-state index is 11.9. The molecule has 4 heteroatoms. The second kappa shape index (κ2) is 7.67. The number of nitrogens with one attached hydrogen (secondary N) is 2. The van der Waals surface area contributed by atoms with Crippen LogP contribution in [0.3, 0.4) is 0 Å². The maximum absolute atomic E-state index is 11.9. The van der Waals surface area contributed by atoms with Gasteiger partial charge in [0.2, 0.25) is 5.91 Å². The van der Waals surface area contributed by atoms with Crippen molar-refractivity contribution in [2.75, 3.05) is 6.61 Å². The van der Waals surface area contributed by atoms with E-state index in [1.54, 1.807) is 0 Å². The van der Waals surface area contributed by atoms with Gasteiger partial charge < -0.3 is 15.7 Å². The van der Waals surface area contributed by atoms with E-state index in [0.717, 1.165) is 19.3 Å². The van der Waals surface area contributed by atoms with Crippen LogP contribution in [0.1, 0.15) is 52.4 Å². The van der Waals surface area contributed by atoms with E-state index in [1.807, 2.05) is 6.92 Å². The van der Waals surface area contributed by atoms with E-state index in [-0.39, 0.29) is 24.6 Å². The molecule has 0 bridgehead atoms. The van der Waals surface area contributed by atoms with E-state index in [4.69, 9.17) is 5.11 Å². The van der Waals surface area contributed by atoms with Crippen molar-refractivity contribution in [1.82, 2.24) is 10.6 Å². The van der Waals surface area contributed by atoms with Gasteiger partial charge in [0.25, 0.3) is 0 Å². The van der Waals surface area contributed by atoms with Gasteiger partial charge in [-0.05, 0) is 32.6 Å². The van der Waals surface area contributed by atoms with Gasteiger partial charge in [-0.1, -0.05) is 19.8 Å². The molecule has 1 rings (SSSR count). The summed E-state index contributed by atoms with van der Waals surface area (Å²) in [6.07, 6.45) is 6.33. The molecule has 100 valence electrons. The Morgan fingerprint density at radius 2 is 2.06 bits per heavy atom. The van der Waals surface area contributed by atoms with Gasteiger partial charge in [0.1, 0.15) is 0 Å². The number of rotatable bonds is 7. The van der Waals surface area contributed by atoms with Crippen LogP contribution in [0, 0.1) is 0 Å². The van der Waals surface area contributed by atoms with Crippen LogP contribution in [0.2, 0.25) is 0 Å². The zero-order chi connectivity index (χ0) is 12.7. The summed E-state index contributed by atoms with van der Waals surface area (Å²) in [6.45, 7) is 4.13. The SMILES string of the molecule is CCC(CCO)NC(C)C(=O)NC1CCCC1. The second-order valence-corrected chi connectivity index (χ2v) is 5.00. The first-order chi connectivity index (χ1) is 8.17. The summed E-state index contributed by atoms with van der Waals surface area (Å²) < 4.78 is 0. The van der Waals surface area contributed by atoms with Crippen molar-refractivity contribution in [3.05, 3.63) is 0 Å². The summed E-state index contributed by atoms with van der Waals surface area (Å²) in [5, 5.41) is 15.3. The number of aliphatic hydroxyl groups excluding tert-OH is 1. The fourth-order valence-corrected chi connectivity index (χ4v) is 2.39. The Morgan fingerprint density at radius 3 is 2.59 bits per heavy atom. The predicted octanol–water partition coefficient (Wildman–Crippen LogP) is 1.18. The van der Waals surface area contributed by atoms with Crippen LogP contribution in [-0.4, -0.2) is 35.7 Å². The molecule has 3 N–H and O–H groups in total. The maximum Gasteiger partial charge on any atom is 0.237 e. The number of aliphatic hydroxyl groups is 1. The van der Waals surface area contributed by atoms with Crippen LogP contribution < -0.4 is 10.6 Å². The molecular weight excluding hydrogens is 216 g/mol. The Bertz CT molecular complexity index is 227. The predicted molar refractivity (Wildman–Crippen MR) is 68.8 cm³/mol. The highest BCUT2D eigenvalue weighted by atomic mass is 16.3. The molecule has 0 saturated heterocycles. The molecule has 0 aromatic carbocycles. The van der Waals surface area contributed by atoms with Crippen molar-refractivity contribution in [1.29, 1.82) is 0 Å². The molecule has 1 amide bonds. The summed E-state index contributed by atoms with van der Waals surface area (Å²) in [5.74, 6) is 0.0910. The Hall–Kier alpha value is -0.610. The third-order valence-corrected chi connectivity index (χ3v) is 3.55. The summed E-state index contributed by atoms with van der Waals surface area (Å²) in [6, 6.07) is 0.432. The van der Waals surface area contributed by atoms with Crippen molar-refractivity contribution < 1.29 is 9.90 Å². The van der Waals surface area contributed by atoms with Crippen molar-refractivity contribution in [2.24, 2.45) is 0 Å². The molecule has 0 aromatic heterocycles. The summed E-state index contributed by atoms with van der Waals surface area (Å²) in [5.41, 5.74) is 0. The minimum Gasteiger partial charge on any atom is -0.396 e. The highest BCUT2D eigenvalue weighted by molar-refractivity contribution is 5.81. The molecule has 1 aliphatic carbocycles. The van der Waals surface area contributed by atoms with Gasteiger partial charge in [-0.25, -0.2) is 0 Å². The van der Waals surface area contributed by atoms with Gasteiger partial charge in [-0.15, -0.1) is 0 Å². The van der Waals surface area contributed by atoms with E-state index in [9.17, 15) is 4.79 Å². The lowest BCUT2D eigenvalue weighted by Gasteiger charge is -2.22. The van der Waals surface area contributed by atoms with Crippen LogP contribution in [-0.2, 0) is 4.79 Å². The molecule has 17 heavy (non-hydrogen) atoms. The number of carbonyl (C=O) groups excluding carboxylic acids is 1. The van der Waals surface area contributed by atoms with Gasteiger partial charge in [0.05, 0.1) is 6.04 Å². The topological polar surface area (TPSA) is 61.4 Å². The van der Waals surface area contributed by atoms with Crippen LogP contribution in [0.4, 0.5) is 0 Å². The van der Waals surface area contributed by atoms with E-state index in [0.29, 0.717) is 12.5 Å². The zero-order valence-electron chi connectivity index (χ0n) is 11.0. The molecule has 2 atom stereocenters. The van der Waals surface area contributed by atoms with Crippen LogP contribution in [0.15, 0.2) is 0 Å². The summed E-state index contributed by atoms with van der Waals surface area (Å²) in [4.78, 5) is 11.9. The quantitative estimate of drug-likeness (QED) is 0.628. The number of hydrogen-bond acceptors (Lipinski definition) is 3. The minimum absolute atomic E-state index is 0.0910. The summed E-state index contributed by atoms with van der Waals surface area (Å²) >= 11 is 0. The van der Waals surface area contributed by atoms with Crippen LogP contribution >= 0.6 is 0 Å². The van der Waals surface area contributed by atoms with Crippen molar-refractivity contribution in [3.8, 4) is 0 Å². The normalized spacial score (nSPS) is 20.2. The molecule has 0 aromatic rings. The van der Waals surface area contributed by atoms with Crippen molar-refractivity contribution >= 4 is 5.91 Å². The van der Waals surface area contributed by atoms with Crippen LogP contribution in [0.5, 0.6) is 0 Å². The lowest BCUT2D eigenvalue weighted by Crippen LogP contribution is -2.48. The highest BCUT2D eigenvalue weighted by Gasteiger charge is 2.21. The minimum atomic E-state index is -0.174. The lowest BCUT2D eigenvalue weighted by atomic mass is 10.1. The number of carbonyl (C=O) groups is 1. The van der Waals surface area contributed by atoms with E-state index < -0.39 is 0 Å². The third-order valence-electron chi connectivity index (χ3n) is 3.55. The number of hydrogen-bond donors (Lipinski definition) is 3. The molecular formula is C13H26N2O2. The van der Waals surface area contributed by atoms with Crippen LogP contribution in [0.25, 0.3) is 0 Å². The molecule has 0 radical (unpaired) electrons. The molecule has 1 fully saturated rings. The zero-order valence-corrected chi connectivity index (χ0v) is 11.0. The smallest absolute Gasteiger partial charge is 0.237 e. The molecule has 0 heterocycles. The summed E-state index contributed by atoms with van der Waals surface area (Å²) in [7, 11) is 0. The van der Waals surface area contributed by atoms with Gasteiger partial charge >= 0.3 is 0 Å². The third kappa shape index (κ3) is 5.04. The highest BCUT2D eigenvalue weighted by Crippen LogP contribution is 2.17. The van der Waals surface area contributed by atoms with E-state index >= 15 is 0 Å². The molecule has 4 nitrogen and oxygen atoms in total. The van der Waals surface area contributed by atoms with Crippen molar-refractivity contribution in [3.63, 3.8) is 0 Å². The van der Waals surface area contributed by atoms with Gasteiger partial charge in [0, 0.05) is 18.7 Å². The monoisotopic (exact) mass is 242 g/mol. The Morgan fingerprint density at radius 1 is 1.41 bits per heavy atom. The largest absolute Gasteiger partial charge is 0.396 e. The lowest BCUT2D eigenvalue weighted by molar-refractivity contribution is -0.123. The molecule has 0 spiro atoms. The molecule has 2 unspecified atom stereocenters. The Kier molecular flexibility index (Phi) is 6.52. The first-order valence-corrected chi connectivity index (χ1v) is 6.84. The molecule has 1 saturated carbocycles. The fourth-order valence-electron chi connectivity index (χ4n) is 2.39. The Balaban J connectivity index is 2.29. The number of amides is 1. The average Bonchev–Trinajstić information content (AvgIpc) is 2.81. The fraction of sp³-hybridized carbons (Fsp3) is 0.923. The first-order valence-electron chi connectivity index (χ1n) is 6.84. The van der Waals surface area contributed by atoms with Crippen molar-refractivity contribution in [2.45, 2.75) is 70.5 Å².